The van der Waals surface area contributed by atoms with Crippen molar-refractivity contribution in [2.45, 2.75) is 12.6 Å². The van der Waals surface area contributed by atoms with Crippen LogP contribution in [0.2, 0.25) is 0 Å². The number of benzene rings is 1. The number of ether oxygens (including phenoxy) is 1. The lowest BCUT2D eigenvalue weighted by molar-refractivity contribution is -0.0264. The molecule has 0 amide bonds. The van der Waals surface area contributed by atoms with Crippen LogP contribution in [0.3, 0.4) is 0 Å². The fourth-order valence-corrected chi connectivity index (χ4v) is 2.54. The first-order valence-electron chi connectivity index (χ1n) is 7.19. The highest BCUT2D eigenvalue weighted by Crippen LogP contribution is 2.15. The van der Waals surface area contributed by atoms with Gasteiger partial charge >= 0.3 is 0 Å². The van der Waals surface area contributed by atoms with Gasteiger partial charge in [0.15, 0.2) is 5.82 Å². The highest BCUT2D eigenvalue weighted by molar-refractivity contribution is 5.85. The summed E-state index contributed by atoms with van der Waals surface area (Å²) >= 11 is 0. The number of rotatable bonds is 4. The molecule has 1 aromatic heterocycles. The number of aromatic nitrogens is 2. The van der Waals surface area contributed by atoms with E-state index in [2.05, 4.69) is 10.00 Å². The molecule has 0 aliphatic carbocycles. The number of nitrogens with two attached hydrogens (primary N) is 1. The predicted octanol–water partition coefficient (Wildman–Crippen LogP) is 1.73. The minimum atomic E-state index is -0.635. The highest BCUT2D eigenvalue weighted by Gasteiger charge is 2.20. The minimum Gasteiger partial charge on any atom is -0.374 e. The fourth-order valence-electron chi connectivity index (χ4n) is 2.54. The third kappa shape index (κ3) is 4.26. The van der Waals surface area contributed by atoms with Gasteiger partial charge in [-0.3, -0.25) is 4.90 Å². The first-order valence-corrected chi connectivity index (χ1v) is 7.19. The molecule has 0 radical (unpaired) electrons. The molecule has 3 rings (SSSR count). The standard InChI is InChI=1S/C15H18F2N4O.ClH/c16-11-1-2-15(14(17)7-11)21-4-3-12(19-21)9-20-5-6-22-13(8-18)10-20;/h1-4,7,13H,5-6,8-10,18H2;1H. The van der Waals surface area contributed by atoms with E-state index in [1.165, 1.54) is 16.8 Å². The van der Waals surface area contributed by atoms with Crippen LogP contribution in [0.1, 0.15) is 5.69 Å². The van der Waals surface area contributed by atoms with Gasteiger partial charge in [-0.1, -0.05) is 0 Å². The maximum Gasteiger partial charge on any atom is 0.151 e. The summed E-state index contributed by atoms with van der Waals surface area (Å²) in [6.07, 6.45) is 1.72. The van der Waals surface area contributed by atoms with Gasteiger partial charge in [0.2, 0.25) is 0 Å². The summed E-state index contributed by atoms with van der Waals surface area (Å²) < 4.78 is 33.6. The average molecular weight is 345 g/mol. The van der Waals surface area contributed by atoms with Gasteiger partial charge in [-0.2, -0.15) is 5.10 Å². The summed E-state index contributed by atoms with van der Waals surface area (Å²) in [5.41, 5.74) is 6.68. The number of halogens is 3. The Morgan fingerprint density at radius 3 is 2.87 bits per heavy atom. The molecule has 2 N–H and O–H groups in total. The highest BCUT2D eigenvalue weighted by atomic mass is 35.5. The van der Waals surface area contributed by atoms with Crippen molar-refractivity contribution in [2.75, 3.05) is 26.2 Å². The van der Waals surface area contributed by atoms with Gasteiger partial charge in [0.25, 0.3) is 0 Å². The van der Waals surface area contributed by atoms with Gasteiger partial charge in [-0.25, -0.2) is 13.5 Å². The van der Waals surface area contributed by atoms with Crippen LogP contribution in [0.4, 0.5) is 8.78 Å². The van der Waals surface area contributed by atoms with Crippen LogP contribution < -0.4 is 5.73 Å². The van der Waals surface area contributed by atoms with Crippen LogP contribution in [0, 0.1) is 11.6 Å². The Labute approximate surface area is 139 Å². The Morgan fingerprint density at radius 2 is 2.13 bits per heavy atom. The molecule has 1 atom stereocenters. The average Bonchev–Trinajstić information content (AvgIpc) is 2.95. The molecule has 0 saturated carbocycles. The van der Waals surface area contributed by atoms with Gasteiger partial charge in [-0.15, -0.1) is 12.4 Å². The lowest BCUT2D eigenvalue weighted by Crippen LogP contribution is -2.45. The first-order chi connectivity index (χ1) is 10.7. The molecule has 1 aliphatic rings. The van der Waals surface area contributed by atoms with E-state index in [0.717, 1.165) is 24.8 Å². The quantitative estimate of drug-likeness (QED) is 0.917. The van der Waals surface area contributed by atoms with Crippen molar-refractivity contribution in [1.29, 1.82) is 0 Å². The summed E-state index contributed by atoms with van der Waals surface area (Å²) in [6.45, 7) is 3.36. The molecule has 1 saturated heterocycles. The van der Waals surface area contributed by atoms with E-state index in [4.69, 9.17) is 10.5 Å². The van der Waals surface area contributed by atoms with Crippen molar-refractivity contribution in [3.8, 4) is 5.69 Å². The number of hydrogen-bond donors (Lipinski definition) is 1. The van der Waals surface area contributed by atoms with E-state index in [0.29, 0.717) is 19.7 Å². The molecule has 5 nitrogen and oxygen atoms in total. The predicted molar refractivity (Wildman–Crippen MR) is 84.8 cm³/mol. The Balaban J connectivity index is 0.00000192. The van der Waals surface area contributed by atoms with Crippen LogP contribution in [0.25, 0.3) is 5.69 Å². The van der Waals surface area contributed by atoms with Crippen LogP contribution in [0.15, 0.2) is 30.5 Å². The molecule has 1 unspecified atom stereocenters. The summed E-state index contributed by atoms with van der Waals surface area (Å²) in [5, 5.41) is 4.36. The topological polar surface area (TPSA) is 56.3 Å². The zero-order chi connectivity index (χ0) is 15.5. The molecule has 1 aromatic carbocycles. The van der Waals surface area contributed by atoms with Crippen molar-refractivity contribution in [3.05, 3.63) is 47.8 Å². The monoisotopic (exact) mass is 344 g/mol. The lowest BCUT2D eigenvalue weighted by atomic mass is 10.2. The molecule has 0 bridgehead atoms. The van der Waals surface area contributed by atoms with E-state index in [9.17, 15) is 8.78 Å². The molecule has 2 heterocycles. The van der Waals surface area contributed by atoms with E-state index in [-0.39, 0.29) is 24.2 Å². The summed E-state index contributed by atoms with van der Waals surface area (Å²) in [5.74, 6) is -1.24. The second-order valence-electron chi connectivity index (χ2n) is 5.31. The number of hydrogen-bond acceptors (Lipinski definition) is 4. The summed E-state index contributed by atoms with van der Waals surface area (Å²) in [4.78, 5) is 2.20. The number of nitrogens with zero attached hydrogens (tertiary/aromatic N) is 3. The number of morpholine rings is 1. The fraction of sp³-hybridized carbons (Fsp3) is 0.400. The van der Waals surface area contributed by atoms with Gasteiger partial charge in [0, 0.05) is 38.4 Å². The Bertz CT molecular complexity index is 652. The zero-order valence-corrected chi connectivity index (χ0v) is 13.3. The van der Waals surface area contributed by atoms with E-state index in [1.807, 2.05) is 6.07 Å². The third-order valence-electron chi connectivity index (χ3n) is 3.67. The second kappa shape index (κ2) is 7.83. The minimum absolute atomic E-state index is 0. The Hall–Kier alpha value is -1.54. The summed E-state index contributed by atoms with van der Waals surface area (Å²) in [7, 11) is 0. The van der Waals surface area contributed by atoms with Gasteiger partial charge < -0.3 is 10.5 Å². The van der Waals surface area contributed by atoms with Crippen LogP contribution >= 0.6 is 12.4 Å². The second-order valence-corrected chi connectivity index (χ2v) is 5.31. The maximum atomic E-state index is 13.8. The SMILES string of the molecule is Cl.NCC1CN(Cc2ccn(-c3ccc(F)cc3F)n2)CCO1. The molecule has 8 heteroatoms. The normalized spacial score (nSPS) is 18.7. The van der Waals surface area contributed by atoms with Crippen molar-refractivity contribution in [3.63, 3.8) is 0 Å². The van der Waals surface area contributed by atoms with Gasteiger partial charge in [0.1, 0.15) is 11.5 Å². The molecule has 0 spiro atoms. The smallest absolute Gasteiger partial charge is 0.151 e. The van der Waals surface area contributed by atoms with Crippen LogP contribution in [-0.2, 0) is 11.3 Å². The van der Waals surface area contributed by atoms with Crippen LogP contribution in [0.5, 0.6) is 0 Å². The van der Waals surface area contributed by atoms with Crippen LogP contribution in [-0.4, -0.2) is 47.0 Å². The first kappa shape index (κ1) is 17.8. The van der Waals surface area contributed by atoms with Gasteiger partial charge in [0.05, 0.1) is 18.4 Å². The molecular formula is C15H19ClF2N4O. The molecular weight excluding hydrogens is 326 g/mol. The molecule has 1 aliphatic heterocycles. The van der Waals surface area contributed by atoms with E-state index >= 15 is 0 Å². The van der Waals surface area contributed by atoms with Crippen molar-refractivity contribution in [2.24, 2.45) is 5.73 Å². The van der Waals surface area contributed by atoms with E-state index < -0.39 is 11.6 Å². The Morgan fingerprint density at radius 1 is 1.30 bits per heavy atom. The third-order valence-corrected chi connectivity index (χ3v) is 3.67. The van der Waals surface area contributed by atoms with E-state index in [1.54, 1.807) is 6.20 Å². The molecule has 23 heavy (non-hydrogen) atoms. The zero-order valence-electron chi connectivity index (χ0n) is 12.5. The van der Waals surface area contributed by atoms with Gasteiger partial charge in [-0.05, 0) is 18.2 Å². The van der Waals surface area contributed by atoms with Crippen molar-refractivity contribution >= 4 is 12.4 Å². The molecule has 2 aromatic rings. The molecule has 1 fully saturated rings. The largest absolute Gasteiger partial charge is 0.374 e. The maximum absolute atomic E-state index is 13.8. The van der Waals surface area contributed by atoms with Crippen molar-refractivity contribution in [1.82, 2.24) is 14.7 Å². The summed E-state index contributed by atoms with van der Waals surface area (Å²) in [6, 6.07) is 5.27. The van der Waals surface area contributed by atoms with Crippen molar-refractivity contribution < 1.29 is 13.5 Å². The lowest BCUT2D eigenvalue weighted by Gasteiger charge is -2.31. The Kier molecular flexibility index (Phi) is 6.06. The molecule has 126 valence electrons.